The minimum atomic E-state index is 0.364. The van der Waals surface area contributed by atoms with Gasteiger partial charge in [-0.25, -0.2) is 0 Å². The molecule has 1 heterocycles. The second-order valence-electron chi connectivity index (χ2n) is 6.53. The van der Waals surface area contributed by atoms with Gasteiger partial charge in [0, 0.05) is 25.7 Å². The summed E-state index contributed by atoms with van der Waals surface area (Å²) in [4.78, 5) is 2.67. The van der Waals surface area contributed by atoms with E-state index in [-0.39, 0.29) is 0 Å². The van der Waals surface area contributed by atoms with Gasteiger partial charge in [0.15, 0.2) is 0 Å². The molecular formula is C16H32N2O. The first kappa shape index (κ1) is 15.3. The molecule has 2 aliphatic rings. The molecule has 2 N–H and O–H groups in total. The van der Waals surface area contributed by atoms with E-state index < -0.39 is 0 Å². The van der Waals surface area contributed by atoms with Crippen LogP contribution in [0.4, 0.5) is 0 Å². The molecule has 112 valence electrons. The van der Waals surface area contributed by atoms with Gasteiger partial charge in [0.1, 0.15) is 0 Å². The quantitative estimate of drug-likeness (QED) is 0.743. The van der Waals surface area contributed by atoms with Gasteiger partial charge in [-0.3, -0.25) is 0 Å². The van der Waals surface area contributed by atoms with Crippen LogP contribution in [0.5, 0.6) is 0 Å². The Morgan fingerprint density at radius 3 is 2.89 bits per heavy atom. The highest BCUT2D eigenvalue weighted by atomic mass is 16.3. The Labute approximate surface area is 118 Å². The lowest BCUT2D eigenvalue weighted by Gasteiger charge is -2.35. The van der Waals surface area contributed by atoms with Crippen molar-refractivity contribution in [1.82, 2.24) is 10.2 Å². The fourth-order valence-corrected chi connectivity index (χ4v) is 3.92. The van der Waals surface area contributed by atoms with Crippen molar-refractivity contribution in [2.45, 2.75) is 57.9 Å². The molecule has 3 atom stereocenters. The number of hydrogen-bond donors (Lipinski definition) is 2. The van der Waals surface area contributed by atoms with Gasteiger partial charge in [0.25, 0.3) is 0 Å². The van der Waals surface area contributed by atoms with Gasteiger partial charge in [-0.1, -0.05) is 13.3 Å². The van der Waals surface area contributed by atoms with E-state index in [0.717, 1.165) is 24.3 Å². The first-order valence-electron chi connectivity index (χ1n) is 8.40. The van der Waals surface area contributed by atoms with Crippen LogP contribution in [0.25, 0.3) is 0 Å². The summed E-state index contributed by atoms with van der Waals surface area (Å²) in [5.41, 5.74) is 0. The number of nitrogens with one attached hydrogen (secondary N) is 1. The molecule has 0 radical (unpaired) electrons. The van der Waals surface area contributed by atoms with Crippen molar-refractivity contribution in [2.24, 2.45) is 11.8 Å². The summed E-state index contributed by atoms with van der Waals surface area (Å²) < 4.78 is 0. The van der Waals surface area contributed by atoms with Crippen LogP contribution in [0.15, 0.2) is 0 Å². The van der Waals surface area contributed by atoms with Crippen molar-refractivity contribution in [1.29, 1.82) is 0 Å². The van der Waals surface area contributed by atoms with Gasteiger partial charge in [-0.05, 0) is 63.5 Å². The number of rotatable bonds is 7. The number of piperidine rings is 1. The summed E-state index contributed by atoms with van der Waals surface area (Å²) >= 11 is 0. The average Bonchev–Trinajstić information content (AvgIpc) is 2.84. The molecule has 0 spiro atoms. The zero-order valence-electron chi connectivity index (χ0n) is 12.6. The largest absolute Gasteiger partial charge is 0.396 e. The van der Waals surface area contributed by atoms with E-state index in [2.05, 4.69) is 17.1 Å². The smallest absolute Gasteiger partial charge is 0.0434 e. The lowest BCUT2D eigenvalue weighted by molar-refractivity contribution is 0.126. The monoisotopic (exact) mass is 268 g/mol. The lowest BCUT2D eigenvalue weighted by Crippen LogP contribution is -2.43. The van der Waals surface area contributed by atoms with Crippen molar-refractivity contribution < 1.29 is 5.11 Å². The van der Waals surface area contributed by atoms with Crippen LogP contribution in [0, 0.1) is 11.8 Å². The third-order valence-corrected chi connectivity index (χ3v) is 4.95. The average molecular weight is 268 g/mol. The van der Waals surface area contributed by atoms with Crippen LogP contribution < -0.4 is 5.32 Å². The first-order chi connectivity index (χ1) is 9.33. The molecule has 0 aromatic carbocycles. The van der Waals surface area contributed by atoms with Crippen LogP contribution >= 0.6 is 0 Å². The molecule has 1 aliphatic carbocycles. The summed E-state index contributed by atoms with van der Waals surface area (Å²) in [5, 5.41) is 12.8. The van der Waals surface area contributed by atoms with E-state index in [0.29, 0.717) is 6.61 Å². The maximum absolute atomic E-state index is 9.10. The molecule has 2 rings (SSSR count). The van der Waals surface area contributed by atoms with Crippen molar-refractivity contribution in [3.63, 3.8) is 0 Å². The molecule has 0 amide bonds. The molecule has 2 fully saturated rings. The summed E-state index contributed by atoms with van der Waals surface area (Å²) in [6.45, 7) is 7.57. The molecule has 1 saturated carbocycles. The standard InChI is InChI=1S/C16H32N2O/c1-2-9-17-16-7-3-6-15(16)13-18-10-4-5-14(12-18)8-11-19/h14-17,19H,2-13H2,1H3. The third kappa shape index (κ3) is 4.73. The second-order valence-corrected chi connectivity index (χ2v) is 6.53. The molecule has 1 saturated heterocycles. The van der Waals surface area contributed by atoms with Gasteiger partial charge in [-0.15, -0.1) is 0 Å². The van der Waals surface area contributed by atoms with Crippen molar-refractivity contribution in [2.75, 3.05) is 32.8 Å². The van der Waals surface area contributed by atoms with E-state index >= 15 is 0 Å². The zero-order valence-corrected chi connectivity index (χ0v) is 12.6. The van der Waals surface area contributed by atoms with Crippen LogP contribution in [0.1, 0.15) is 51.9 Å². The fourth-order valence-electron chi connectivity index (χ4n) is 3.92. The molecular weight excluding hydrogens is 236 g/mol. The van der Waals surface area contributed by atoms with Gasteiger partial charge < -0.3 is 15.3 Å². The van der Waals surface area contributed by atoms with E-state index in [1.807, 2.05) is 0 Å². The number of likely N-dealkylation sites (tertiary alicyclic amines) is 1. The number of nitrogens with zero attached hydrogens (tertiary/aromatic N) is 1. The molecule has 3 nitrogen and oxygen atoms in total. The van der Waals surface area contributed by atoms with Gasteiger partial charge in [0.05, 0.1) is 0 Å². The minimum Gasteiger partial charge on any atom is -0.396 e. The molecule has 0 bridgehead atoms. The normalized spacial score (nSPS) is 32.8. The van der Waals surface area contributed by atoms with Gasteiger partial charge in [-0.2, -0.15) is 0 Å². The Bertz CT molecular complexity index is 245. The highest BCUT2D eigenvalue weighted by Gasteiger charge is 2.29. The van der Waals surface area contributed by atoms with Crippen molar-refractivity contribution >= 4 is 0 Å². The Balaban J connectivity index is 1.75. The molecule has 1 aliphatic heterocycles. The maximum atomic E-state index is 9.10. The summed E-state index contributed by atoms with van der Waals surface area (Å²) in [5.74, 6) is 1.60. The Hall–Kier alpha value is -0.120. The highest BCUT2D eigenvalue weighted by Crippen LogP contribution is 2.28. The lowest BCUT2D eigenvalue weighted by atomic mass is 9.93. The third-order valence-electron chi connectivity index (χ3n) is 4.95. The number of aliphatic hydroxyl groups is 1. The Morgan fingerprint density at radius 2 is 2.11 bits per heavy atom. The van der Waals surface area contributed by atoms with E-state index in [1.54, 1.807) is 0 Å². The molecule has 0 aromatic rings. The Morgan fingerprint density at radius 1 is 1.21 bits per heavy atom. The topological polar surface area (TPSA) is 35.5 Å². The van der Waals surface area contributed by atoms with E-state index in [4.69, 9.17) is 5.11 Å². The van der Waals surface area contributed by atoms with E-state index in [9.17, 15) is 0 Å². The zero-order chi connectivity index (χ0) is 13.5. The predicted octanol–water partition coefficient (Wildman–Crippen LogP) is 2.25. The Kier molecular flexibility index (Phi) is 6.62. The van der Waals surface area contributed by atoms with Crippen LogP contribution in [-0.2, 0) is 0 Å². The van der Waals surface area contributed by atoms with Gasteiger partial charge >= 0.3 is 0 Å². The van der Waals surface area contributed by atoms with Crippen molar-refractivity contribution in [3.05, 3.63) is 0 Å². The van der Waals surface area contributed by atoms with Crippen molar-refractivity contribution in [3.8, 4) is 0 Å². The summed E-state index contributed by atoms with van der Waals surface area (Å²) in [6, 6.07) is 0.762. The molecule has 0 aromatic heterocycles. The molecule has 3 heteroatoms. The van der Waals surface area contributed by atoms with Crippen LogP contribution in [0.2, 0.25) is 0 Å². The van der Waals surface area contributed by atoms with Crippen LogP contribution in [0.3, 0.4) is 0 Å². The number of hydrogen-bond acceptors (Lipinski definition) is 3. The maximum Gasteiger partial charge on any atom is 0.0434 e. The SMILES string of the molecule is CCCNC1CCCC1CN1CCCC(CCO)C1. The van der Waals surface area contributed by atoms with Gasteiger partial charge in [0.2, 0.25) is 0 Å². The summed E-state index contributed by atoms with van der Waals surface area (Å²) in [7, 11) is 0. The summed E-state index contributed by atoms with van der Waals surface area (Å²) in [6.07, 6.45) is 9.06. The highest BCUT2D eigenvalue weighted by molar-refractivity contribution is 4.86. The van der Waals surface area contributed by atoms with Crippen LogP contribution in [-0.4, -0.2) is 48.8 Å². The number of aliphatic hydroxyl groups excluding tert-OH is 1. The fraction of sp³-hybridized carbons (Fsp3) is 1.00. The second kappa shape index (κ2) is 8.23. The predicted molar refractivity (Wildman–Crippen MR) is 80.3 cm³/mol. The molecule has 19 heavy (non-hydrogen) atoms. The minimum absolute atomic E-state index is 0.364. The molecule has 3 unspecified atom stereocenters. The van der Waals surface area contributed by atoms with E-state index in [1.165, 1.54) is 64.7 Å². The first-order valence-corrected chi connectivity index (χ1v) is 8.40.